The van der Waals surface area contributed by atoms with Crippen molar-refractivity contribution in [2.24, 2.45) is 0 Å². The molecule has 1 aromatic heterocycles. The number of anilines is 1. The average molecular weight is 237 g/mol. The van der Waals surface area contributed by atoms with Crippen LogP contribution in [0.4, 0.5) is 5.95 Å². The lowest BCUT2D eigenvalue weighted by Gasteiger charge is -2.35. The van der Waals surface area contributed by atoms with Crippen LogP contribution in [0, 0.1) is 6.92 Å². The summed E-state index contributed by atoms with van der Waals surface area (Å²) in [5, 5.41) is 10.4. The van der Waals surface area contributed by atoms with Crippen LogP contribution < -0.4 is 4.90 Å². The van der Waals surface area contributed by atoms with Crippen LogP contribution in [0.25, 0.3) is 0 Å². The van der Waals surface area contributed by atoms with Gasteiger partial charge in [-0.15, -0.1) is 0 Å². The minimum absolute atomic E-state index is 0.541. The van der Waals surface area contributed by atoms with Crippen LogP contribution in [0.1, 0.15) is 18.4 Å². The van der Waals surface area contributed by atoms with Crippen molar-refractivity contribution in [1.29, 1.82) is 0 Å². The zero-order chi connectivity index (χ0) is 12.3. The second kappa shape index (κ2) is 4.98. The second-order valence-electron chi connectivity index (χ2n) is 4.75. The molecule has 0 aliphatic carbocycles. The van der Waals surface area contributed by atoms with E-state index < -0.39 is 5.60 Å². The predicted molar refractivity (Wildman–Crippen MR) is 65.0 cm³/mol. The van der Waals surface area contributed by atoms with Crippen LogP contribution in [-0.4, -0.2) is 47.5 Å². The highest BCUT2D eigenvalue weighted by molar-refractivity contribution is 5.29. The number of aromatic nitrogens is 2. The first-order valence-corrected chi connectivity index (χ1v) is 5.89. The summed E-state index contributed by atoms with van der Waals surface area (Å²) in [6.07, 6.45) is 4.91. The highest BCUT2D eigenvalue weighted by Crippen LogP contribution is 2.22. The molecule has 0 spiro atoms. The van der Waals surface area contributed by atoms with Crippen molar-refractivity contribution in [2.75, 3.05) is 31.7 Å². The van der Waals surface area contributed by atoms with E-state index in [1.165, 1.54) is 0 Å². The summed E-state index contributed by atoms with van der Waals surface area (Å²) in [6.45, 7) is 3.74. The molecule has 1 aromatic rings. The van der Waals surface area contributed by atoms with E-state index in [0.29, 0.717) is 38.5 Å². The minimum Gasteiger partial charge on any atom is -0.388 e. The van der Waals surface area contributed by atoms with Crippen molar-refractivity contribution >= 4 is 5.95 Å². The van der Waals surface area contributed by atoms with E-state index in [1.54, 1.807) is 12.4 Å². The van der Waals surface area contributed by atoms with Gasteiger partial charge in [0, 0.05) is 52.0 Å². The third-order valence-electron chi connectivity index (χ3n) is 3.06. The van der Waals surface area contributed by atoms with Gasteiger partial charge < -0.3 is 14.7 Å². The predicted octanol–water partition coefficient (Wildman–Crippen LogP) is 0.763. The number of ether oxygens (including phenoxy) is 1. The van der Waals surface area contributed by atoms with Crippen molar-refractivity contribution in [3.05, 3.63) is 18.0 Å². The summed E-state index contributed by atoms with van der Waals surface area (Å²) in [7, 11) is 1.90. The van der Waals surface area contributed by atoms with Gasteiger partial charge in [-0.25, -0.2) is 9.97 Å². The molecule has 5 nitrogen and oxygen atoms in total. The lowest BCUT2D eigenvalue weighted by atomic mass is 9.94. The van der Waals surface area contributed by atoms with E-state index in [9.17, 15) is 5.11 Å². The van der Waals surface area contributed by atoms with Crippen LogP contribution in [0.15, 0.2) is 12.4 Å². The average Bonchev–Trinajstić information content (AvgIpc) is 2.30. The van der Waals surface area contributed by atoms with Crippen LogP contribution in [0.2, 0.25) is 0 Å². The van der Waals surface area contributed by atoms with Crippen LogP contribution in [-0.2, 0) is 4.74 Å². The number of rotatable bonds is 3. The van der Waals surface area contributed by atoms with E-state index in [0.717, 1.165) is 5.56 Å². The van der Waals surface area contributed by atoms with Gasteiger partial charge in [0.1, 0.15) is 0 Å². The molecular weight excluding hydrogens is 218 g/mol. The number of aryl methyl sites for hydroxylation is 1. The number of hydrogen-bond acceptors (Lipinski definition) is 5. The fourth-order valence-electron chi connectivity index (χ4n) is 2.00. The Labute approximate surface area is 101 Å². The minimum atomic E-state index is -0.679. The first-order valence-electron chi connectivity index (χ1n) is 5.89. The first kappa shape index (κ1) is 12.3. The number of hydrogen-bond donors (Lipinski definition) is 1. The molecule has 0 radical (unpaired) electrons. The Morgan fingerprint density at radius 2 is 1.94 bits per heavy atom. The fourth-order valence-corrected chi connectivity index (χ4v) is 2.00. The molecule has 2 rings (SSSR count). The molecule has 1 aliphatic heterocycles. The quantitative estimate of drug-likeness (QED) is 0.841. The fraction of sp³-hybridized carbons (Fsp3) is 0.667. The van der Waals surface area contributed by atoms with E-state index in [1.807, 2.05) is 18.9 Å². The normalized spacial score (nSPS) is 19.0. The lowest BCUT2D eigenvalue weighted by molar-refractivity contribution is -0.0574. The Hall–Kier alpha value is -1.20. The molecule has 5 heteroatoms. The molecule has 1 N–H and O–H groups in total. The summed E-state index contributed by atoms with van der Waals surface area (Å²) in [6, 6.07) is 0. The van der Waals surface area contributed by atoms with E-state index in [2.05, 4.69) is 9.97 Å². The number of nitrogens with zero attached hydrogens (tertiary/aromatic N) is 3. The van der Waals surface area contributed by atoms with Crippen molar-refractivity contribution in [2.45, 2.75) is 25.4 Å². The molecule has 0 aromatic carbocycles. The van der Waals surface area contributed by atoms with Crippen LogP contribution in [0.3, 0.4) is 0 Å². The number of aliphatic hydroxyl groups is 1. The molecule has 0 unspecified atom stereocenters. The zero-order valence-electron chi connectivity index (χ0n) is 10.4. The Bertz CT molecular complexity index is 361. The van der Waals surface area contributed by atoms with Gasteiger partial charge in [0.05, 0.1) is 5.60 Å². The molecule has 0 amide bonds. The Balaban J connectivity index is 2.00. The molecule has 0 saturated carbocycles. The van der Waals surface area contributed by atoms with Gasteiger partial charge in [-0.2, -0.15) is 0 Å². The summed E-state index contributed by atoms with van der Waals surface area (Å²) in [5.41, 5.74) is 0.355. The van der Waals surface area contributed by atoms with Gasteiger partial charge in [-0.05, 0) is 12.5 Å². The first-order chi connectivity index (χ1) is 8.09. The molecule has 17 heavy (non-hydrogen) atoms. The summed E-state index contributed by atoms with van der Waals surface area (Å²) < 4.78 is 5.26. The van der Waals surface area contributed by atoms with E-state index in [-0.39, 0.29) is 0 Å². The van der Waals surface area contributed by atoms with Gasteiger partial charge in [0.15, 0.2) is 0 Å². The SMILES string of the molecule is Cc1cnc(N(C)CC2(O)CCOCC2)nc1. The van der Waals surface area contributed by atoms with E-state index in [4.69, 9.17) is 4.74 Å². The molecule has 1 fully saturated rings. The van der Waals surface area contributed by atoms with Crippen molar-refractivity contribution < 1.29 is 9.84 Å². The molecule has 2 heterocycles. The van der Waals surface area contributed by atoms with Crippen LogP contribution in [0.5, 0.6) is 0 Å². The highest BCUT2D eigenvalue weighted by Gasteiger charge is 2.31. The molecular formula is C12H19N3O2. The third-order valence-corrected chi connectivity index (χ3v) is 3.06. The van der Waals surface area contributed by atoms with Gasteiger partial charge in [-0.3, -0.25) is 0 Å². The second-order valence-corrected chi connectivity index (χ2v) is 4.75. The Kier molecular flexibility index (Phi) is 3.59. The summed E-state index contributed by atoms with van der Waals surface area (Å²) >= 11 is 0. The Morgan fingerprint density at radius 3 is 2.53 bits per heavy atom. The molecule has 0 atom stereocenters. The maximum Gasteiger partial charge on any atom is 0.225 e. The molecule has 1 aliphatic rings. The Morgan fingerprint density at radius 1 is 1.35 bits per heavy atom. The highest BCUT2D eigenvalue weighted by atomic mass is 16.5. The summed E-state index contributed by atoms with van der Waals surface area (Å²) in [4.78, 5) is 10.4. The third kappa shape index (κ3) is 3.14. The summed E-state index contributed by atoms with van der Waals surface area (Å²) in [5.74, 6) is 0.649. The maximum absolute atomic E-state index is 10.4. The van der Waals surface area contributed by atoms with Crippen molar-refractivity contribution in [3.63, 3.8) is 0 Å². The van der Waals surface area contributed by atoms with Gasteiger partial charge in [0.25, 0.3) is 0 Å². The maximum atomic E-state index is 10.4. The molecule has 1 saturated heterocycles. The van der Waals surface area contributed by atoms with Gasteiger partial charge in [-0.1, -0.05) is 0 Å². The largest absolute Gasteiger partial charge is 0.388 e. The van der Waals surface area contributed by atoms with Crippen molar-refractivity contribution in [1.82, 2.24) is 9.97 Å². The van der Waals surface area contributed by atoms with Crippen LogP contribution >= 0.6 is 0 Å². The lowest BCUT2D eigenvalue weighted by Crippen LogP contribution is -2.46. The zero-order valence-corrected chi connectivity index (χ0v) is 10.4. The van der Waals surface area contributed by atoms with Crippen molar-refractivity contribution in [3.8, 4) is 0 Å². The number of likely N-dealkylation sites (N-methyl/N-ethyl adjacent to an activating group) is 1. The topological polar surface area (TPSA) is 58.5 Å². The van der Waals surface area contributed by atoms with Gasteiger partial charge >= 0.3 is 0 Å². The molecule has 0 bridgehead atoms. The van der Waals surface area contributed by atoms with E-state index >= 15 is 0 Å². The monoisotopic (exact) mass is 237 g/mol. The molecule has 94 valence electrons. The standard InChI is InChI=1S/C12H19N3O2/c1-10-7-13-11(14-8-10)15(2)9-12(16)3-5-17-6-4-12/h7-8,16H,3-6,9H2,1-2H3. The van der Waals surface area contributed by atoms with Gasteiger partial charge in [0.2, 0.25) is 5.95 Å². The smallest absolute Gasteiger partial charge is 0.225 e.